The SMILES string of the molecule is CC1CCN(Cc2cnn(C)c2)C(C(=O)O)C1. The van der Waals surface area contributed by atoms with Gasteiger partial charge in [-0.2, -0.15) is 5.10 Å². The van der Waals surface area contributed by atoms with E-state index < -0.39 is 5.97 Å². The predicted molar refractivity (Wildman–Crippen MR) is 63.4 cm³/mol. The van der Waals surface area contributed by atoms with Gasteiger partial charge in [-0.3, -0.25) is 14.4 Å². The molecule has 0 aromatic carbocycles. The van der Waals surface area contributed by atoms with E-state index in [4.69, 9.17) is 0 Å². The summed E-state index contributed by atoms with van der Waals surface area (Å²) in [5.41, 5.74) is 1.08. The van der Waals surface area contributed by atoms with Crippen LogP contribution >= 0.6 is 0 Å². The van der Waals surface area contributed by atoms with Gasteiger partial charge in [0.05, 0.1) is 6.20 Å². The second kappa shape index (κ2) is 4.87. The van der Waals surface area contributed by atoms with Gasteiger partial charge in [0.25, 0.3) is 0 Å². The molecule has 0 amide bonds. The molecule has 2 atom stereocenters. The first-order valence-corrected chi connectivity index (χ1v) is 6.00. The maximum absolute atomic E-state index is 11.2. The molecule has 0 aliphatic carbocycles. The molecule has 0 spiro atoms. The third kappa shape index (κ3) is 2.85. The van der Waals surface area contributed by atoms with Crippen LogP contribution in [0.2, 0.25) is 0 Å². The number of rotatable bonds is 3. The van der Waals surface area contributed by atoms with Gasteiger partial charge in [-0.1, -0.05) is 6.92 Å². The fourth-order valence-corrected chi connectivity index (χ4v) is 2.42. The van der Waals surface area contributed by atoms with Crippen LogP contribution in [0, 0.1) is 5.92 Å². The van der Waals surface area contributed by atoms with E-state index in [1.54, 1.807) is 10.9 Å². The number of likely N-dealkylation sites (tertiary alicyclic amines) is 1. The summed E-state index contributed by atoms with van der Waals surface area (Å²) in [6.45, 7) is 3.65. The molecule has 1 N–H and O–H groups in total. The van der Waals surface area contributed by atoms with Crippen molar-refractivity contribution in [3.05, 3.63) is 18.0 Å². The molecule has 0 radical (unpaired) electrons. The minimum absolute atomic E-state index is 0.348. The van der Waals surface area contributed by atoms with E-state index in [0.29, 0.717) is 12.5 Å². The number of carbonyl (C=O) groups is 1. The summed E-state index contributed by atoms with van der Waals surface area (Å²) in [5, 5.41) is 13.4. The number of hydrogen-bond acceptors (Lipinski definition) is 3. The molecule has 1 fully saturated rings. The number of nitrogens with zero attached hydrogens (tertiary/aromatic N) is 3. The maximum Gasteiger partial charge on any atom is 0.320 e. The second-order valence-corrected chi connectivity index (χ2v) is 4.98. The van der Waals surface area contributed by atoms with Crippen LogP contribution in [0.15, 0.2) is 12.4 Å². The quantitative estimate of drug-likeness (QED) is 0.855. The molecule has 1 aliphatic heterocycles. The molecule has 17 heavy (non-hydrogen) atoms. The van der Waals surface area contributed by atoms with Crippen LogP contribution in [0.3, 0.4) is 0 Å². The van der Waals surface area contributed by atoms with Crippen LogP contribution < -0.4 is 0 Å². The molecule has 5 heteroatoms. The summed E-state index contributed by atoms with van der Waals surface area (Å²) in [4.78, 5) is 13.3. The van der Waals surface area contributed by atoms with Gasteiger partial charge < -0.3 is 5.11 Å². The van der Waals surface area contributed by atoms with E-state index >= 15 is 0 Å². The summed E-state index contributed by atoms with van der Waals surface area (Å²) in [7, 11) is 1.87. The van der Waals surface area contributed by atoms with E-state index in [9.17, 15) is 9.90 Å². The van der Waals surface area contributed by atoms with Crippen molar-refractivity contribution in [2.24, 2.45) is 13.0 Å². The van der Waals surface area contributed by atoms with Crippen LogP contribution in [-0.4, -0.2) is 38.3 Å². The molecule has 2 rings (SSSR count). The van der Waals surface area contributed by atoms with E-state index in [-0.39, 0.29) is 6.04 Å². The van der Waals surface area contributed by atoms with Gasteiger partial charge in [-0.15, -0.1) is 0 Å². The molecule has 1 saturated heterocycles. The smallest absolute Gasteiger partial charge is 0.320 e. The fourth-order valence-electron chi connectivity index (χ4n) is 2.42. The minimum atomic E-state index is -0.708. The average molecular weight is 237 g/mol. The Balaban J connectivity index is 2.05. The van der Waals surface area contributed by atoms with Crippen LogP contribution in [0.5, 0.6) is 0 Å². The van der Waals surface area contributed by atoms with Crippen molar-refractivity contribution < 1.29 is 9.90 Å². The molecular formula is C12H19N3O2. The first-order chi connectivity index (χ1) is 8.06. The molecule has 2 heterocycles. The molecule has 1 aromatic heterocycles. The van der Waals surface area contributed by atoms with E-state index in [1.807, 2.05) is 18.1 Å². The summed E-state index contributed by atoms with van der Waals surface area (Å²) >= 11 is 0. The number of piperidine rings is 1. The average Bonchev–Trinajstić information content (AvgIpc) is 2.66. The Labute approximate surface area is 101 Å². The van der Waals surface area contributed by atoms with Gasteiger partial charge in [0.1, 0.15) is 6.04 Å². The highest BCUT2D eigenvalue weighted by molar-refractivity contribution is 5.73. The molecular weight excluding hydrogens is 218 g/mol. The molecule has 2 unspecified atom stereocenters. The van der Waals surface area contributed by atoms with Crippen molar-refractivity contribution in [3.8, 4) is 0 Å². The van der Waals surface area contributed by atoms with Crippen molar-refractivity contribution >= 4 is 5.97 Å². The monoisotopic (exact) mass is 237 g/mol. The lowest BCUT2D eigenvalue weighted by atomic mass is 9.92. The van der Waals surface area contributed by atoms with Gasteiger partial charge in [0.2, 0.25) is 0 Å². The second-order valence-electron chi connectivity index (χ2n) is 4.98. The Kier molecular flexibility index (Phi) is 3.47. The standard InChI is InChI=1S/C12H19N3O2/c1-9-3-4-15(11(5-9)12(16)17)8-10-6-13-14(2)7-10/h6-7,9,11H,3-5,8H2,1-2H3,(H,16,17). The lowest BCUT2D eigenvalue weighted by molar-refractivity contribution is -0.145. The van der Waals surface area contributed by atoms with Gasteiger partial charge in [0, 0.05) is 25.4 Å². The summed E-state index contributed by atoms with van der Waals surface area (Å²) < 4.78 is 1.75. The first kappa shape index (κ1) is 12.1. The van der Waals surface area contributed by atoms with Crippen LogP contribution in [0.1, 0.15) is 25.3 Å². The number of aliphatic carboxylic acids is 1. The molecule has 94 valence electrons. The molecule has 0 saturated carbocycles. The number of carboxylic acid groups (broad SMARTS) is 1. The lowest BCUT2D eigenvalue weighted by Crippen LogP contribution is -2.46. The Morgan fingerprint density at radius 2 is 2.41 bits per heavy atom. The van der Waals surface area contributed by atoms with Crippen molar-refractivity contribution in [3.63, 3.8) is 0 Å². The maximum atomic E-state index is 11.2. The Morgan fingerprint density at radius 3 is 3.00 bits per heavy atom. The molecule has 5 nitrogen and oxygen atoms in total. The highest BCUT2D eigenvalue weighted by Gasteiger charge is 2.31. The molecule has 1 aliphatic rings. The minimum Gasteiger partial charge on any atom is -0.480 e. The Morgan fingerprint density at radius 1 is 1.65 bits per heavy atom. The number of aromatic nitrogens is 2. The van der Waals surface area contributed by atoms with Crippen molar-refractivity contribution in [1.29, 1.82) is 0 Å². The zero-order chi connectivity index (χ0) is 12.4. The van der Waals surface area contributed by atoms with Gasteiger partial charge in [-0.05, 0) is 25.3 Å². The highest BCUT2D eigenvalue weighted by atomic mass is 16.4. The Hall–Kier alpha value is -1.36. The van der Waals surface area contributed by atoms with Crippen LogP contribution in [0.25, 0.3) is 0 Å². The number of aryl methyl sites for hydroxylation is 1. The zero-order valence-corrected chi connectivity index (χ0v) is 10.3. The largest absolute Gasteiger partial charge is 0.480 e. The molecule has 0 bridgehead atoms. The summed E-state index contributed by atoms with van der Waals surface area (Å²) in [6.07, 6.45) is 5.56. The van der Waals surface area contributed by atoms with E-state index in [0.717, 1.165) is 24.9 Å². The van der Waals surface area contributed by atoms with E-state index in [2.05, 4.69) is 12.0 Å². The third-order valence-electron chi connectivity index (χ3n) is 3.40. The Bertz CT molecular complexity index is 402. The van der Waals surface area contributed by atoms with Crippen molar-refractivity contribution in [1.82, 2.24) is 14.7 Å². The predicted octanol–water partition coefficient (Wildman–Crippen LogP) is 1.11. The third-order valence-corrected chi connectivity index (χ3v) is 3.40. The number of carboxylic acids is 1. The van der Waals surface area contributed by atoms with Gasteiger partial charge in [-0.25, -0.2) is 0 Å². The van der Waals surface area contributed by atoms with E-state index in [1.165, 1.54) is 0 Å². The first-order valence-electron chi connectivity index (χ1n) is 6.00. The zero-order valence-electron chi connectivity index (χ0n) is 10.3. The van der Waals surface area contributed by atoms with Crippen molar-refractivity contribution in [2.45, 2.75) is 32.4 Å². The van der Waals surface area contributed by atoms with Gasteiger partial charge in [0.15, 0.2) is 0 Å². The fraction of sp³-hybridized carbons (Fsp3) is 0.667. The summed E-state index contributed by atoms with van der Waals surface area (Å²) in [6, 6.07) is -0.348. The normalized spacial score (nSPS) is 26.0. The van der Waals surface area contributed by atoms with Crippen LogP contribution in [0.4, 0.5) is 0 Å². The van der Waals surface area contributed by atoms with Gasteiger partial charge >= 0.3 is 5.97 Å². The van der Waals surface area contributed by atoms with Crippen LogP contribution in [-0.2, 0) is 18.4 Å². The lowest BCUT2D eigenvalue weighted by Gasteiger charge is -2.35. The highest BCUT2D eigenvalue weighted by Crippen LogP contribution is 2.24. The topological polar surface area (TPSA) is 58.4 Å². The number of hydrogen-bond donors (Lipinski definition) is 1. The van der Waals surface area contributed by atoms with Crippen molar-refractivity contribution in [2.75, 3.05) is 6.54 Å². The summed E-state index contributed by atoms with van der Waals surface area (Å²) in [5.74, 6) is -0.207. The molecule has 1 aromatic rings.